The molecule has 0 saturated carbocycles. The van der Waals surface area contributed by atoms with Crippen molar-refractivity contribution in [1.29, 1.82) is 0 Å². The van der Waals surface area contributed by atoms with Crippen molar-refractivity contribution in [3.8, 4) is 5.69 Å². The van der Waals surface area contributed by atoms with Crippen LogP contribution in [0.15, 0.2) is 60.9 Å². The van der Waals surface area contributed by atoms with Crippen LogP contribution in [0, 0.1) is 20.2 Å². The monoisotopic (exact) mass is 339 g/mol. The molecular formula is C16H13N5O4. The van der Waals surface area contributed by atoms with Crippen LogP contribution < -0.4 is 5.32 Å². The molecular weight excluding hydrogens is 326 g/mol. The molecule has 0 fully saturated rings. The summed E-state index contributed by atoms with van der Waals surface area (Å²) in [6.07, 6.45) is 3.46. The average molecular weight is 339 g/mol. The molecule has 1 N–H and O–H groups in total. The predicted octanol–water partition coefficient (Wildman–Crippen LogP) is 3.30. The van der Waals surface area contributed by atoms with Gasteiger partial charge in [-0.05, 0) is 23.8 Å². The molecule has 25 heavy (non-hydrogen) atoms. The summed E-state index contributed by atoms with van der Waals surface area (Å²) in [5.74, 6) is 0. The van der Waals surface area contributed by atoms with Gasteiger partial charge in [-0.3, -0.25) is 20.2 Å². The fourth-order valence-corrected chi connectivity index (χ4v) is 2.42. The van der Waals surface area contributed by atoms with Gasteiger partial charge in [-0.25, -0.2) is 4.68 Å². The fraction of sp³-hybridized carbons (Fsp3) is 0.0625. The van der Waals surface area contributed by atoms with Gasteiger partial charge >= 0.3 is 0 Å². The van der Waals surface area contributed by atoms with E-state index in [9.17, 15) is 20.2 Å². The zero-order valence-electron chi connectivity index (χ0n) is 12.9. The second-order valence-corrected chi connectivity index (χ2v) is 5.15. The van der Waals surface area contributed by atoms with Gasteiger partial charge in [-0.2, -0.15) is 5.10 Å². The Balaban J connectivity index is 1.88. The molecule has 0 aliphatic carbocycles. The molecule has 1 heterocycles. The smallest absolute Gasteiger partial charge is 0.299 e. The van der Waals surface area contributed by atoms with Crippen LogP contribution in [0.4, 0.5) is 17.1 Å². The molecule has 0 bridgehead atoms. The predicted molar refractivity (Wildman–Crippen MR) is 90.6 cm³/mol. The first-order valence-corrected chi connectivity index (χ1v) is 7.31. The number of nitrogens with one attached hydrogen (secondary N) is 1. The zero-order chi connectivity index (χ0) is 17.8. The largest absolute Gasteiger partial charge is 0.375 e. The first-order valence-electron chi connectivity index (χ1n) is 7.31. The van der Waals surface area contributed by atoms with Crippen LogP contribution >= 0.6 is 0 Å². The van der Waals surface area contributed by atoms with Crippen LogP contribution in [0.2, 0.25) is 0 Å². The maximum Gasteiger partial charge on any atom is 0.299 e. The van der Waals surface area contributed by atoms with E-state index in [4.69, 9.17) is 0 Å². The minimum Gasteiger partial charge on any atom is -0.375 e. The Morgan fingerprint density at radius 2 is 1.84 bits per heavy atom. The third-order valence-corrected chi connectivity index (χ3v) is 3.60. The normalized spacial score (nSPS) is 10.4. The Bertz CT molecular complexity index is 924. The summed E-state index contributed by atoms with van der Waals surface area (Å²) >= 11 is 0. The lowest BCUT2D eigenvalue weighted by Crippen LogP contribution is -2.07. The van der Waals surface area contributed by atoms with Gasteiger partial charge in [-0.1, -0.05) is 18.2 Å². The van der Waals surface area contributed by atoms with Crippen LogP contribution in [0.25, 0.3) is 5.69 Å². The third kappa shape index (κ3) is 3.44. The van der Waals surface area contributed by atoms with Crippen LogP contribution in [0.1, 0.15) is 5.56 Å². The number of nitro benzene ring substituents is 2. The van der Waals surface area contributed by atoms with E-state index in [2.05, 4.69) is 10.4 Å². The third-order valence-electron chi connectivity index (χ3n) is 3.60. The number of hydrogen-bond donors (Lipinski definition) is 1. The first-order chi connectivity index (χ1) is 12.1. The van der Waals surface area contributed by atoms with Gasteiger partial charge in [0.05, 0.1) is 21.6 Å². The van der Waals surface area contributed by atoms with Crippen molar-refractivity contribution < 1.29 is 9.85 Å². The number of nitrogens with zero attached hydrogens (tertiary/aromatic N) is 4. The van der Waals surface area contributed by atoms with E-state index >= 15 is 0 Å². The number of anilines is 1. The van der Waals surface area contributed by atoms with E-state index in [1.54, 1.807) is 23.1 Å². The highest BCUT2D eigenvalue weighted by molar-refractivity contribution is 5.65. The number of benzene rings is 2. The fourth-order valence-electron chi connectivity index (χ4n) is 2.42. The molecule has 126 valence electrons. The van der Waals surface area contributed by atoms with Crippen molar-refractivity contribution in [1.82, 2.24) is 9.78 Å². The van der Waals surface area contributed by atoms with E-state index in [1.165, 1.54) is 12.1 Å². The zero-order valence-corrected chi connectivity index (χ0v) is 12.9. The molecule has 0 radical (unpaired) electrons. The van der Waals surface area contributed by atoms with Crippen molar-refractivity contribution >= 4 is 17.1 Å². The molecule has 9 nitrogen and oxygen atoms in total. The van der Waals surface area contributed by atoms with Gasteiger partial charge in [0.1, 0.15) is 5.69 Å². The maximum absolute atomic E-state index is 11.2. The van der Waals surface area contributed by atoms with Crippen molar-refractivity contribution in [3.05, 3.63) is 86.7 Å². The molecule has 0 spiro atoms. The summed E-state index contributed by atoms with van der Waals surface area (Å²) in [6, 6.07) is 12.8. The summed E-state index contributed by atoms with van der Waals surface area (Å²) < 4.78 is 1.70. The standard InChI is InChI=1S/C16H13N5O4/c22-20(23)13-6-7-14(16(10-13)21(24)25)17-11-12-4-1-2-5-15(12)19-9-3-8-18-19/h1-10,17H,11H2. The maximum atomic E-state index is 11.2. The van der Waals surface area contributed by atoms with E-state index in [-0.39, 0.29) is 17.1 Å². The first kappa shape index (κ1) is 16.1. The van der Waals surface area contributed by atoms with Crippen molar-refractivity contribution in [2.75, 3.05) is 5.32 Å². The summed E-state index contributed by atoms with van der Waals surface area (Å²) in [5, 5.41) is 29.1. The lowest BCUT2D eigenvalue weighted by Gasteiger charge is -2.11. The average Bonchev–Trinajstić information content (AvgIpc) is 3.14. The molecule has 1 aromatic heterocycles. The number of non-ortho nitro benzene ring substituents is 1. The molecule has 3 aromatic rings. The van der Waals surface area contributed by atoms with Crippen LogP contribution in [0.3, 0.4) is 0 Å². The Labute approximate surface area is 141 Å². The van der Waals surface area contributed by atoms with Gasteiger partial charge in [0, 0.05) is 25.0 Å². The van der Waals surface area contributed by atoms with Crippen molar-refractivity contribution in [3.63, 3.8) is 0 Å². The molecule has 0 aliphatic heterocycles. The second kappa shape index (κ2) is 6.79. The van der Waals surface area contributed by atoms with Gasteiger partial charge in [-0.15, -0.1) is 0 Å². The highest BCUT2D eigenvalue weighted by atomic mass is 16.6. The molecule has 0 amide bonds. The highest BCUT2D eigenvalue weighted by Crippen LogP contribution is 2.29. The van der Waals surface area contributed by atoms with Gasteiger partial charge < -0.3 is 5.32 Å². The van der Waals surface area contributed by atoms with Crippen molar-refractivity contribution in [2.24, 2.45) is 0 Å². The van der Waals surface area contributed by atoms with E-state index in [0.717, 1.165) is 17.3 Å². The minimum absolute atomic E-state index is 0.214. The number of nitro groups is 2. The summed E-state index contributed by atoms with van der Waals surface area (Å²) in [6.45, 7) is 0.300. The lowest BCUT2D eigenvalue weighted by molar-refractivity contribution is -0.393. The van der Waals surface area contributed by atoms with E-state index in [1.807, 2.05) is 24.3 Å². The number of rotatable bonds is 6. The molecule has 0 aliphatic rings. The summed E-state index contributed by atoms with van der Waals surface area (Å²) in [4.78, 5) is 20.7. The van der Waals surface area contributed by atoms with Crippen molar-refractivity contribution in [2.45, 2.75) is 6.54 Å². The molecule has 2 aromatic carbocycles. The number of para-hydroxylation sites is 1. The minimum atomic E-state index is -0.663. The molecule has 0 unspecified atom stereocenters. The van der Waals surface area contributed by atoms with E-state index in [0.29, 0.717) is 6.54 Å². The topological polar surface area (TPSA) is 116 Å². The Kier molecular flexibility index (Phi) is 4.38. The van der Waals surface area contributed by atoms with E-state index < -0.39 is 9.85 Å². The van der Waals surface area contributed by atoms with Gasteiger partial charge in [0.2, 0.25) is 0 Å². The van der Waals surface area contributed by atoms with Crippen LogP contribution in [0.5, 0.6) is 0 Å². The SMILES string of the molecule is O=[N+]([O-])c1ccc(NCc2ccccc2-n2cccn2)c([N+](=O)[O-])c1. The Morgan fingerprint density at radius 1 is 1.04 bits per heavy atom. The second-order valence-electron chi connectivity index (χ2n) is 5.15. The van der Waals surface area contributed by atoms with Gasteiger partial charge in [0.15, 0.2) is 0 Å². The highest BCUT2D eigenvalue weighted by Gasteiger charge is 2.19. The number of hydrogen-bond acceptors (Lipinski definition) is 6. The summed E-state index contributed by atoms with van der Waals surface area (Å²) in [5.41, 5.74) is 1.26. The Morgan fingerprint density at radius 3 is 2.52 bits per heavy atom. The molecule has 9 heteroatoms. The Hall–Kier alpha value is -3.75. The molecule has 3 rings (SSSR count). The quantitative estimate of drug-likeness (QED) is 0.544. The molecule has 0 atom stereocenters. The number of aromatic nitrogens is 2. The van der Waals surface area contributed by atoms with Gasteiger partial charge in [0.25, 0.3) is 11.4 Å². The summed E-state index contributed by atoms with van der Waals surface area (Å²) in [7, 11) is 0. The van der Waals surface area contributed by atoms with Crippen LogP contribution in [-0.4, -0.2) is 19.6 Å². The van der Waals surface area contributed by atoms with Crippen LogP contribution in [-0.2, 0) is 6.54 Å². The molecule has 0 saturated heterocycles. The lowest BCUT2D eigenvalue weighted by atomic mass is 10.1.